The van der Waals surface area contributed by atoms with E-state index in [-0.39, 0.29) is 6.04 Å². The minimum atomic E-state index is 0.281. The van der Waals surface area contributed by atoms with E-state index in [0.717, 1.165) is 25.5 Å². The second kappa shape index (κ2) is 4.98. The number of morpholine rings is 1. The van der Waals surface area contributed by atoms with Gasteiger partial charge in [-0.2, -0.15) is 0 Å². The molecule has 0 aromatic heterocycles. The molecule has 0 aromatic rings. The Morgan fingerprint density at radius 1 is 1.82 bits per heavy atom. The predicted molar refractivity (Wildman–Crippen MR) is 48.7 cm³/mol. The van der Waals surface area contributed by atoms with Gasteiger partial charge in [-0.05, 0) is 6.92 Å². The van der Waals surface area contributed by atoms with Gasteiger partial charge in [0.15, 0.2) is 0 Å². The zero-order valence-electron chi connectivity index (χ0n) is 6.88. The van der Waals surface area contributed by atoms with Crippen molar-refractivity contribution in [3.63, 3.8) is 0 Å². The van der Waals surface area contributed by atoms with Crippen LogP contribution in [-0.4, -0.2) is 36.9 Å². The molecule has 0 aliphatic carbocycles. The molecule has 11 heavy (non-hydrogen) atoms. The molecule has 0 radical (unpaired) electrons. The number of ether oxygens (including phenoxy) is 1. The van der Waals surface area contributed by atoms with Gasteiger partial charge in [0.2, 0.25) is 0 Å². The highest BCUT2D eigenvalue weighted by Crippen LogP contribution is 2.11. The third-order valence-corrected chi connectivity index (χ3v) is 2.87. The van der Waals surface area contributed by atoms with Crippen LogP contribution in [0.2, 0.25) is 0 Å². The fraction of sp³-hybridized carbons (Fsp3) is 1.00. The minimum Gasteiger partial charge on any atom is -0.378 e. The summed E-state index contributed by atoms with van der Waals surface area (Å²) in [5, 5.41) is 3.81. The summed E-state index contributed by atoms with van der Waals surface area (Å²) in [5.74, 6) is 1.00. The van der Waals surface area contributed by atoms with Gasteiger partial charge in [0, 0.05) is 18.3 Å². The van der Waals surface area contributed by atoms with E-state index in [4.69, 9.17) is 10.5 Å². The van der Waals surface area contributed by atoms with Gasteiger partial charge in [0.1, 0.15) is 0 Å². The maximum Gasteiger partial charge on any atom is 0.0770 e. The average molecular weight is 176 g/mol. The van der Waals surface area contributed by atoms with Gasteiger partial charge in [-0.1, -0.05) is 0 Å². The molecule has 2 atom stereocenters. The topological polar surface area (TPSA) is 47.3 Å². The van der Waals surface area contributed by atoms with Gasteiger partial charge >= 0.3 is 0 Å². The highest BCUT2D eigenvalue weighted by Gasteiger charge is 2.12. The Kier molecular flexibility index (Phi) is 4.22. The quantitative estimate of drug-likeness (QED) is 0.636. The van der Waals surface area contributed by atoms with Gasteiger partial charge < -0.3 is 15.8 Å². The Hall–Kier alpha value is 0.230. The number of hydrogen-bond donors (Lipinski definition) is 2. The molecule has 1 rings (SSSR count). The molecule has 0 aromatic carbocycles. The van der Waals surface area contributed by atoms with Crippen LogP contribution in [0.3, 0.4) is 0 Å². The zero-order chi connectivity index (χ0) is 8.10. The molecule has 66 valence electrons. The standard InChI is InChI=1S/C7H16N2OS/c1-6(8)5-11-7-4-10-3-2-9-7/h6-7,9H,2-5,8H2,1H3. The fourth-order valence-electron chi connectivity index (χ4n) is 0.916. The van der Waals surface area contributed by atoms with Gasteiger partial charge in [-0.25, -0.2) is 0 Å². The largest absolute Gasteiger partial charge is 0.378 e. The lowest BCUT2D eigenvalue weighted by atomic mass is 10.4. The zero-order valence-corrected chi connectivity index (χ0v) is 7.69. The Morgan fingerprint density at radius 2 is 2.64 bits per heavy atom. The molecule has 0 amide bonds. The first-order chi connectivity index (χ1) is 5.29. The fourth-order valence-corrected chi connectivity index (χ4v) is 1.88. The molecule has 1 fully saturated rings. The van der Waals surface area contributed by atoms with Crippen LogP contribution in [0.25, 0.3) is 0 Å². The van der Waals surface area contributed by atoms with E-state index in [1.165, 1.54) is 0 Å². The van der Waals surface area contributed by atoms with Gasteiger partial charge in [-0.15, -0.1) is 11.8 Å². The molecule has 0 spiro atoms. The van der Waals surface area contributed by atoms with E-state index >= 15 is 0 Å². The number of rotatable bonds is 3. The van der Waals surface area contributed by atoms with Crippen molar-refractivity contribution in [1.29, 1.82) is 0 Å². The van der Waals surface area contributed by atoms with Crippen molar-refractivity contribution in [2.75, 3.05) is 25.5 Å². The molecular formula is C7H16N2OS. The Morgan fingerprint density at radius 3 is 3.18 bits per heavy atom. The normalized spacial score (nSPS) is 28.4. The number of nitrogens with two attached hydrogens (primary N) is 1. The second-order valence-corrected chi connectivity index (χ2v) is 4.06. The van der Waals surface area contributed by atoms with E-state index in [0.29, 0.717) is 5.37 Å². The first-order valence-electron chi connectivity index (χ1n) is 3.97. The van der Waals surface area contributed by atoms with E-state index < -0.39 is 0 Å². The summed E-state index contributed by atoms with van der Waals surface area (Å²) in [6.07, 6.45) is 0. The molecule has 1 saturated heterocycles. The third-order valence-electron chi connectivity index (χ3n) is 1.45. The molecule has 1 aliphatic rings. The van der Waals surface area contributed by atoms with Crippen molar-refractivity contribution in [1.82, 2.24) is 5.32 Å². The number of nitrogens with one attached hydrogen (secondary N) is 1. The number of thioether (sulfide) groups is 1. The van der Waals surface area contributed by atoms with Crippen molar-refractivity contribution in [3.8, 4) is 0 Å². The lowest BCUT2D eigenvalue weighted by Crippen LogP contribution is -2.39. The van der Waals surface area contributed by atoms with Crippen molar-refractivity contribution in [3.05, 3.63) is 0 Å². The van der Waals surface area contributed by atoms with Crippen molar-refractivity contribution in [2.24, 2.45) is 5.73 Å². The minimum absolute atomic E-state index is 0.281. The SMILES string of the molecule is CC(N)CSC1COCCN1. The van der Waals surface area contributed by atoms with Crippen molar-refractivity contribution in [2.45, 2.75) is 18.3 Å². The third kappa shape index (κ3) is 3.96. The average Bonchev–Trinajstić information content (AvgIpc) is 2.03. The van der Waals surface area contributed by atoms with Crippen molar-refractivity contribution < 1.29 is 4.74 Å². The van der Waals surface area contributed by atoms with E-state index in [9.17, 15) is 0 Å². The summed E-state index contributed by atoms with van der Waals surface area (Å²) in [4.78, 5) is 0. The summed E-state index contributed by atoms with van der Waals surface area (Å²) in [6, 6.07) is 0.281. The maximum absolute atomic E-state index is 5.62. The first kappa shape index (κ1) is 9.32. The lowest BCUT2D eigenvalue weighted by molar-refractivity contribution is 0.100. The summed E-state index contributed by atoms with van der Waals surface area (Å²) in [5.41, 5.74) is 5.62. The van der Waals surface area contributed by atoms with E-state index in [1.807, 2.05) is 18.7 Å². The van der Waals surface area contributed by atoms with Crippen LogP contribution in [0.4, 0.5) is 0 Å². The molecule has 1 heterocycles. The van der Waals surface area contributed by atoms with Crippen LogP contribution in [0.5, 0.6) is 0 Å². The van der Waals surface area contributed by atoms with Crippen LogP contribution in [0, 0.1) is 0 Å². The van der Waals surface area contributed by atoms with E-state index in [1.54, 1.807) is 0 Å². The van der Waals surface area contributed by atoms with Crippen LogP contribution in [0.15, 0.2) is 0 Å². The lowest BCUT2D eigenvalue weighted by Gasteiger charge is -2.23. The highest BCUT2D eigenvalue weighted by atomic mass is 32.2. The van der Waals surface area contributed by atoms with Crippen molar-refractivity contribution >= 4 is 11.8 Å². The van der Waals surface area contributed by atoms with Gasteiger partial charge in [0.05, 0.1) is 18.6 Å². The summed E-state index contributed by atoms with van der Waals surface area (Å²) >= 11 is 1.84. The van der Waals surface area contributed by atoms with Gasteiger partial charge in [0.25, 0.3) is 0 Å². The van der Waals surface area contributed by atoms with Crippen LogP contribution in [0.1, 0.15) is 6.92 Å². The molecule has 1 aliphatic heterocycles. The Bertz CT molecular complexity index is 105. The predicted octanol–water partition coefficient (Wildman–Crippen LogP) is 0.0127. The first-order valence-corrected chi connectivity index (χ1v) is 5.02. The summed E-state index contributed by atoms with van der Waals surface area (Å²) in [6.45, 7) is 4.65. The smallest absolute Gasteiger partial charge is 0.0770 e. The molecule has 4 heteroatoms. The molecule has 3 nitrogen and oxygen atoms in total. The molecule has 0 bridgehead atoms. The maximum atomic E-state index is 5.62. The highest BCUT2D eigenvalue weighted by molar-refractivity contribution is 7.99. The Labute approximate surface area is 72.0 Å². The van der Waals surface area contributed by atoms with Crippen LogP contribution >= 0.6 is 11.8 Å². The molecule has 0 saturated carbocycles. The molecule has 2 unspecified atom stereocenters. The summed E-state index contributed by atoms with van der Waals surface area (Å²) < 4.78 is 5.29. The molecule has 3 N–H and O–H groups in total. The molecular weight excluding hydrogens is 160 g/mol. The van der Waals surface area contributed by atoms with Crippen LogP contribution < -0.4 is 11.1 Å². The summed E-state index contributed by atoms with van der Waals surface area (Å²) in [7, 11) is 0. The number of hydrogen-bond acceptors (Lipinski definition) is 4. The van der Waals surface area contributed by atoms with Crippen LogP contribution in [-0.2, 0) is 4.74 Å². The van der Waals surface area contributed by atoms with Gasteiger partial charge in [-0.3, -0.25) is 0 Å². The van der Waals surface area contributed by atoms with E-state index in [2.05, 4.69) is 5.32 Å². The monoisotopic (exact) mass is 176 g/mol. The second-order valence-electron chi connectivity index (χ2n) is 2.83. The Balaban J connectivity index is 2.05.